The minimum Gasteiger partial charge on any atom is -0.438 e. The maximum atomic E-state index is 13.3. The number of carbonyl (C=O) groups excluding carboxylic acids is 1. The molecule has 0 fully saturated rings. The monoisotopic (exact) mass is 365 g/mol. The number of nitrogens with zero attached hydrogens (tertiary/aromatic N) is 2. The van der Waals surface area contributed by atoms with E-state index in [4.69, 9.17) is 10.00 Å². The number of rotatable bonds is 4. The predicted molar refractivity (Wildman–Crippen MR) is 94.5 cm³/mol. The highest BCUT2D eigenvalue weighted by molar-refractivity contribution is 6.04. The molecule has 2 aromatic carbocycles. The zero-order chi connectivity index (χ0) is 19.4. The average molecular weight is 365 g/mol. The number of carbonyl (C=O) groups is 1. The molecule has 1 amide bonds. The summed E-state index contributed by atoms with van der Waals surface area (Å²) in [7, 11) is 0. The van der Waals surface area contributed by atoms with Crippen LogP contribution in [0.5, 0.6) is 11.6 Å². The van der Waals surface area contributed by atoms with Gasteiger partial charge in [0.05, 0.1) is 0 Å². The molecule has 0 radical (unpaired) electrons. The van der Waals surface area contributed by atoms with Gasteiger partial charge in [0.15, 0.2) is 0 Å². The number of nitriles is 1. The highest BCUT2D eigenvalue weighted by atomic mass is 19.1. The maximum absolute atomic E-state index is 13.3. The Morgan fingerprint density at radius 1 is 1.15 bits per heavy atom. The molecule has 1 N–H and O–H groups in total. The molecule has 27 heavy (non-hydrogen) atoms. The van der Waals surface area contributed by atoms with Crippen molar-refractivity contribution < 1.29 is 18.3 Å². The minimum absolute atomic E-state index is 0.126. The molecule has 3 rings (SSSR count). The third-order valence-electron chi connectivity index (χ3n) is 3.68. The Morgan fingerprint density at radius 2 is 1.89 bits per heavy atom. The number of aryl methyl sites for hydroxylation is 1. The fourth-order valence-corrected chi connectivity index (χ4v) is 2.39. The lowest BCUT2D eigenvalue weighted by Crippen LogP contribution is -2.13. The zero-order valence-corrected chi connectivity index (χ0v) is 14.2. The number of aromatic nitrogens is 1. The highest BCUT2D eigenvalue weighted by Crippen LogP contribution is 2.27. The summed E-state index contributed by atoms with van der Waals surface area (Å²) < 4.78 is 32.1. The molecule has 0 atom stereocenters. The van der Waals surface area contributed by atoms with Gasteiger partial charge in [-0.25, -0.2) is 13.8 Å². The Balaban J connectivity index is 1.79. The van der Waals surface area contributed by atoms with Gasteiger partial charge in [0.1, 0.15) is 29.0 Å². The van der Waals surface area contributed by atoms with Crippen LogP contribution in [0, 0.1) is 29.9 Å². The van der Waals surface area contributed by atoms with Crippen molar-refractivity contribution in [1.29, 1.82) is 5.26 Å². The van der Waals surface area contributed by atoms with E-state index in [2.05, 4.69) is 10.3 Å². The molecule has 7 heteroatoms. The maximum Gasteiger partial charge on any atom is 0.255 e. The van der Waals surface area contributed by atoms with Crippen molar-refractivity contribution in [2.45, 2.75) is 6.92 Å². The molecular weight excluding hydrogens is 352 g/mol. The lowest BCUT2D eigenvalue weighted by atomic mass is 10.1. The third-order valence-corrected chi connectivity index (χ3v) is 3.68. The van der Waals surface area contributed by atoms with E-state index >= 15 is 0 Å². The Hall–Kier alpha value is -3.79. The van der Waals surface area contributed by atoms with Gasteiger partial charge in [-0.15, -0.1) is 0 Å². The normalized spacial score (nSPS) is 10.1. The molecule has 0 bridgehead atoms. The Labute approximate surface area is 153 Å². The zero-order valence-electron chi connectivity index (χ0n) is 14.2. The van der Waals surface area contributed by atoms with Crippen LogP contribution in [0.1, 0.15) is 21.5 Å². The van der Waals surface area contributed by atoms with E-state index in [9.17, 15) is 13.6 Å². The van der Waals surface area contributed by atoms with Crippen LogP contribution >= 0.6 is 0 Å². The second-order valence-electron chi connectivity index (χ2n) is 5.66. The number of ether oxygens (including phenoxy) is 1. The van der Waals surface area contributed by atoms with Gasteiger partial charge in [0.25, 0.3) is 5.91 Å². The summed E-state index contributed by atoms with van der Waals surface area (Å²) in [6.45, 7) is 1.73. The Kier molecular flexibility index (Phi) is 5.08. The number of nitrogens with one attached hydrogen (secondary N) is 1. The first-order chi connectivity index (χ1) is 13.0. The summed E-state index contributed by atoms with van der Waals surface area (Å²) in [5, 5.41) is 11.7. The van der Waals surface area contributed by atoms with E-state index in [1.54, 1.807) is 37.3 Å². The van der Waals surface area contributed by atoms with Crippen LogP contribution in [0.2, 0.25) is 0 Å². The van der Waals surface area contributed by atoms with Crippen LogP contribution < -0.4 is 10.1 Å². The van der Waals surface area contributed by atoms with Crippen LogP contribution in [0.3, 0.4) is 0 Å². The van der Waals surface area contributed by atoms with Crippen LogP contribution in [0.4, 0.5) is 14.5 Å². The Morgan fingerprint density at radius 3 is 2.56 bits per heavy atom. The molecule has 134 valence electrons. The summed E-state index contributed by atoms with van der Waals surface area (Å²) in [4.78, 5) is 16.2. The molecule has 0 saturated carbocycles. The highest BCUT2D eigenvalue weighted by Gasteiger charge is 2.12. The molecule has 1 aromatic heterocycles. The fourth-order valence-electron chi connectivity index (χ4n) is 2.39. The van der Waals surface area contributed by atoms with Crippen molar-refractivity contribution in [3.8, 4) is 17.7 Å². The van der Waals surface area contributed by atoms with Gasteiger partial charge in [-0.3, -0.25) is 4.79 Å². The van der Waals surface area contributed by atoms with Gasteiger partial charge in [0.2, 0.25) is 5.88 Å². The molecule has 0 spiro atoms. The summed E-state index contributed by atoms with van der Waals surface area (Å²) in [5.74, 6) is -1.70. The van der Waals surface area contributed by atoms with Gasteiger partial charge in [0, 0.05) is 23.5 Å². The average Bonchev–Trinajstić information content (AvgIpc) is 2.63. The van der Waals surface area contributed by atoms with E-state index in [-0.39, 0.29) is 11.4 Å². The minimum atomic E-state index is -0.829. The number of hydrogen-bond donors (Lipinski definition) is 1. The summed E-state index contributed by atoms with van der Waals surface area (Å²) in [6, 6.07) is 12.6. The summed E-state index contributed by atoms with van der Waals surface area (Å²) in [6.07, 6.45) is 1.51. The SMILES string of the molecule is Cc1cc(Oc2ncccc2C#N)ccc1NC(=O)c1cc(F)cc(F)c1. The second kappa shape index (κ2) is 7.62. The molecule has 0 aliphatic rings. The van der Waals surface area contributed by atoms with Crippen molar-refractivity contribution in [2.24, 2.45) is 0 Å². The molecule has 0 aliphatic heterocycles. The van der Waals surface area contributed by atoms with Crippen molar-refractivity contribution in [3.63, 3.8) is 0 Å². The number of pyridine rings is 1. The fraction of sp³-hybridized carbons (Fsp3) is 0.0500. The van der Waals surface area contributed by atoms with Crippen molar-refractivity contribution in [3.05, 3.63) is 83.1 Å². The van der Waals surface area contributed by atoms with E-state index in [0.717, 1.165) is 12.1 Å². The van der Waals surface area contributed by atoms with Gasteiger partial charge < -0.3 is 10.1 Å². The van der Waals surface area contributed by atoms with Crippen molar-refractivity contribution in [2.75, 3.05) is 5.32 Å². The topological polar surface area (TPSA) is 75.0 Å². The van der Waals surface area contributed by atoms with E-state index in [0.29, 0.717) is 28.6 Å². The molecule has 0 saturated heterocycles. The molecule has 5 nitrogen and oxygen atoms in total. The van der Waals surface area contributed by atoms with Crippen molar-refractivity contribution >= 4 is 11.6 Å². The second-order valence-corrected chi connectivity index (χ2v) is 5.66. The van der Waals surface area contributed by atoms with Gasteiger partial charge in [-0.2, -0.15) is 5.26 Å². The standard InChI is InChI=1S/C20H13F2N3O2/c1-12-7-17(27-20-13(11-23)3-2-6-24-20)4-5-18(12)25-19(26)14-8-15(21)10-16(22)9-14/h2-10H,1H3,(H,25,26). The summed E-state index contributed by atoms with van der Waals surface area (Å²) >= 11 is 0. The Bertz CT molecular complexity index is 1040. The lowest BCUT2D eigenvalue weighted by Gasteiger charge is -2.11. The van der Waals surface area contributed by atoms with Crippen LogP contribution in [-0.4, -0.2) is 10.9 Å². The van der Waals surface area contributed by atoms with Gasteiger partial charge in [-0.1, -0.05) is 0 Å². The summed E-state index contributed by atoms with van der Waals surface area (Å²) in [5.41, 5.74) is 1.28. The van der Waals surface area contributed by atoms with Crippen LogP contribution in [-0.2, 0) is 0 Å². The van der Waals surface area contributed by atoms with Crippen LogP contribution in [0.25, 0.3) is 0 Å². The number of benzene rings is 2. The number of anilines is 1. The van der Waals surface area contributed by atoms with Crippen LogP contribution in [0.15, 0.2) is 54.7 Å². The smallest absolute Gasteiger partial charge is 0.255 e. The molecule has 3 aromatic rings. The predicted octanol–water partition coefficient (Wildman–Crippen LogP) is 4.58. The number of halogens is 2. The molecule has 0 unspecified atom stereocenters. The first-order valence-corrected chi connectivity index (χ1v) is 7.87. The lowest BCUT2D eigenvalue weighted by molar-refractivity contribution is 0.102. The van der Waals surface area contributed by atoms with Gasteiger partial charge >= 0.3 is 0 Å². The molecule has 0 aliphatic carbocycles. The van der Waals surface area contributed by atoms with Crippen molar-refractivity contribution in [1.82, 2.24) is 4.98 Å². The third kappa shape index (κ3) is 4.25. The van der Waals surface area contributed by atoms with Gasteiger partial charge in [-0.05, 0) is 55.0 Å². The quantitative estimate of drug-likeness (QED) is 0.734. The largest absolute Gasteiger partial charge is 0.438 e. The first-order valence-electron chi connectivity index (χ1n) is 7.87. The molecular formula is C20H13F2N3O2. The van der Waals surface area contributed by atoms with E-state index in [1.165, 1.54) is 6.20 Å². The molecule has 1 heterocycles. The first kappa shape index (κ1) is 18.0. The van der Waals surface area contributed by atoms with E-state index in [1.807, 2.05) is 6.07 Å². The number of hydrogen-bond acceptors (Lipinski definition) is 4. The van der Waals surface area contributed by atoms with E-state index < -0.39 is 17.5 Å². The number of amides is 1.